The monoisotopic (exact) mass is 275 g/mol. The Labute approximate surface area is 116 Å². The maximum absolute atomic E-state index is 5.54. The summed E-state index contributed by atoms with van der Waals surface area (Å²) in [5.41, 5.74) is 1.55. The van der Waals surface area contributed by atoms with E-state index in [9.17, 15) is 0 Å². The average molecular weight is 275 g/mol. The van der Waals surface area contributed by atoms with Crippen LogP contribution in [0.25, 0.3) is 0 Å². The zero-order chi connectivity index (χ0) is 12.8. The van der Waals surface area contributed by atoms with Gasteiger partial charge in [-0.3, -0.25) is 4.90 Å². The topological polar surface area (TPSA) is 42.2 Å². The third-order valence-electron chi connectivity index (χ3n) is 4.09. The second-order valence-corrected chi connectivity index (χ2v) is 6.52. The molecule has 3 heterocycles. The highest BCUT2D eigenvalue weighted by Gasteiger charge is 2.40. The summed E-state index contributed by atoms with van der Waals surface area (Å²) >= 11 is 1.91. The van der Waals surface area contributed by atoms with Crippen molar-refractivity contribution in [3.8, 4) is 0 Å². The maximum atomic E-state index is 5.54. The molecule has 100 valence electrons. The number of aromatic nitrogens is 2. The van der Waals surface area contributed by atoms with Crippen molar-refractivity contribution in [2.24, 2.45) is 5.92 Å². The van der Waals surface area contributed by atoms with Gasteiger partial charge in [0.2, 0.25) is 11.8 Å². The lowest BCUT2D eigenvalue weighted by atomic mass is 9.96. The lowest BCUT2D eigenvalue weighted by molar-refractivity contribution is 0.143. The third-order valence-corrected chi connectivity index (χ3v) is 5.09. The molecule has 2 aromatic rings. The zero-order valence-electron chi connectivity index (χ0n) is 11.0. The van der Waals surface area contributed by atoms with Gasteiger partial charge in [-0.05, 0) is 42.2 Å². The lowest BCUT2D eigenvalue weighted by Gasteiger charge is -2.35. The average Bonchev–Trinajstić information content (AvgIpc) is 2.97. The summed E-state index contributed by atoms with van der Waals surface area (Å²) in [7, 11) is 0. The van der Waals surface area contributed by atoms with E-state index in [1.807, 2.05) is 18.3 Å². The van der Waals surface area contributed by atoms with Gasteiger partial charge in [0.25, 0.3) is 0 Å². The van der Waals surface area contributed by atoms with E-state index in [4.69, 9.17) is 4.42 Å². The molecule has 0 amide bonds. The smallest absolute Gasteiger partial charge is 0.230 e. The normalized spacial score (nSPS) is 23.5. The van der Waals surface area contributed by atoms with Gasteiger partial charge in [-0.1, -0.05) is 0 Å². The van der Waals surface area contributed by atoms with Crippen molar-refractivity contribution in [2.75, 3.05) is 6.54 Å². The minimum atomic E-state index is 0.571. The zero-order valence-corrected chi connectivity index (χ0v) is 11.8. The fourth-order valence-electron chi connectivity index (χ4n) is 3.11. The predicted octanol–water partition coefficient (Wildman–Crippen LogP) is 2.95. The van der Waals surface area contributed by atoms with Crippen LogP contribution in [0.3, 0.4) is 0 Å². The molecule has 1 atom stereocenters. The molecule has 2 aliphatic rings. The van der Waals surface area contributed by atoms with Crippen molar-refractivity contribution in [3.63, 3.8) is 0 Å². The summed E-state index contributed by atoms with van der Waals surface area (Å²) in [6.45, 7) is 3.75. The van der Waals surface area contributed by atoms with Crippen LogP contribution in [0, 0.1) is 12.8 Å². The summed E-state index contributed by atoms with van der Waals surface area (Å²) in [5, 5.41) is 10.3. The highest BCUT2D eigenvalue weighted by molar-refractivity contribution is 7.10. The highest BCUT2D eigenvalue weighted by Crippen LogP contribution is 2.48. The van der Waals surface area contributed by atoms with Gasteiger partial charge in [0, 0.05) is 24.4 Å². The molecular weight excluding hydrogens is 258 g/mol. The van der Waals surface area contributed by atoms with Crippen molar-refractivity contribution in [2.45, 2.75) is 38.8 Å². The molecule has 0 unspecified atom stereocenters. The largest absolute Gasteiger partial charge is 0.424 e. The van der Waals surface area contributed by atoms with Crippen molar-refractivity contribution < 1.29 is 4.42 Å². The number of thiophene rings is 1. The first kappa shape index (κ1) is 11.6. The Morgan fingerprint density at radius 2 is 2.32 bits per heavy atom. The Bertz CT molecular complexity index is 587. The Hall–Kier alpha value is -1.20. The van der Waals surface area contributed by atoms with Crippen LogP contribution in [0.1, 0.15) is 41.1 Å². The van der Waals surface area contributed by atoms with Crippen LogP contribution < -0.4 is 0 Å². The van der Waals surface area contributed by atoms with Crippen LogP contribution in [0.5, 0.6) is 0 Å². The number of fused-ring (bicyclic) bond motifs is 1. The number of hydrogen-bond donors (Lipinski definition) is 0. The first-order valence-corrected chi connectivity index (χ1v) is 7.78. The summed E-state index contributed by atoms with van der Waals surface area (Å²) in [6.07, 6.45) is 3.88. The number of hydrogen-bond acceptors (Lipinski definition) is 5. The van der Waals surface area contributed by atoms with Crippen molar-refractivity contribution in [1.29, 1.82) is 0 Å². The van der Waals surface area contributed by atoms with Crippen molar-refractivity contribution >= 4 is 11.3 Å². The SMILES string of the molecule is Cc1nnc(CN2CCc3sccc3[C@@H]2C2CC2)o1. The summed E-state index contributed by atoms with van der Waals surface area (Å²) in [6, 6.07) is 2.89. The van der Waals surface area contributed by atoms with Gasteiger partial charge in [0.15, 0.2) is 0 Å². The van der Waals surface area contributed by atoms with E-state index in [0.29, 0.717) is 11.9 Å². The second kappa shape index (κ2) is 4.42. The van der Waals surface area contributed by atoms with Gasteiger partial charge in [-0.2, -0.15) is 0 Å². The van der Waals surface area contributed by atoms with Crippen LogP contribution >= 0.6 is 11.3 Å². The molecule has 1 fully saturated rings. The van der Waals surface area contributed by atoms with Crippen LogP contribution in [0.4, 0.5) is 0 Å². The van der Waals surface area contributed by atoms with E-state index >= 15 is 0 Å². The van der Waals surface area contributed by atoms with Gasteiger partial charge in [-0.25, -0.2) is 0 Å². The fraction of sp³-hybridized carbons (Fsp3) is 0.571. The van der Waals surface area contributed by atoms with E-state index in [1.165, 1.54) is 12.8 Å². The standard InChI is InChI=1S/C14H17N3OS/c1-9-15-16-13(18-9)8-17-6-4-12-11(5-7-19-12)14(17)10-2-3-10/h5,7,10,14H,2-4,6,8H2,1H3/t14-/m0/s1. The van der Waals surface area contributed by atoms with Gasteiger partial charge in [-0.15, -0.1) is 21.5 Å². The molecule has 0 bridgehead atoms. The molecule has 0 radical (unpaired) electrons. The van der Waals surface area contributed by atoms with Crippen LogP contribution in [0.15, 0.2) is 15.9 Å². The molecule has 1 aliphatic carbocycles. The Balaban J connectivity index is 1.61. The molecule has 1 aliphatic heterocycles. The molecule has 0 spiro atoms. The van der Waals surface area contributed by atoms with E-state index in [2.05, 4.69) is 26.5 Å². The Morgan fingerprint density at radius 3 is 3.05 bits per heavy atom. The molecule has 5 heteroatoms. The fourth-order valence-corrected chi connectivity index (χ4v) is 4.03. The van der Waals surface area contributed by atoms with E-state index < -0.39 is 0 Å². The molecule has 4 nitrogen and oxygen atoms in total. The molecule has 4 rings (SSSR count). The van der Waals surface area contributed by atoms with Crippen LogP contribution in [-0.2, 0) is 13.0 Å². The van der Waals surface area contributed by atoms with Crippen LogP contribution in [-0.4, -0.2) is 21.6 Å². The molecule has 0 saturated heterocycles. The van der Waals surface area contributed by atoms with Gasteiger partial charge >= 0.3 is 0 Å². The van der Waals surface area contributed by atoms with E-state index in [-0.39, 0.29) is 0 Å². The highest BCUT2D eigenvalue weighted by atomic mass is 32.1. The van der Waals surface area contributed by atoms with Gasteiger partial charge < -0.3 is 4.42 Å². The summed E-state index contributed by atoms with van der Waals surface area (Å²) < 4.78 is 5.54. The van der Waals surface area contributed by atoms with E-state index in [0.717, 1.165) is 31.3 Å². The number of nitrogens with zero attached hydrogens (tertiary/aromatic N) is 3. The van der Waals surface area contributed by atoms with Crippen molar-refractivity contribution in [1.82, 2.24) is 15.1 Å². The number of aryl methyl sites for hydroxylation is 1. The van der Waals surface area contributed by atoms with Gasteiger partial charge in [0.05, 0.1) is 6.54 Å². The first-order chi connectivity index (χ1) is 9.31. The second-order valence-electron chi connectivity index (χ2n) is 5.52. The molecular formula is C14H17N3OS. The first-order valence-electron chi connectivity index (χ1n) is 6.90. The molecule has 19 heavy (non-hydrogen) atoms. The molecule has 0 N–H and O–H groups in total. The third kappa shape index (κ3) is 2.11. The molecule has 0 aromatic carbocycles. The lowest BCUT2D eigenvalue weighted by Crippen LogP contribution is -2.35. The minimum Gasteiger partial charge on any atom is -0.424 e. The maximum Gasteiger partial charge on any atom is 0.230 e. The van der Waals surface area contributed by atoms with Gasteiger partial charge in [0.1, 0.15) is 0 Å². The van der Waals surface area contributed by atoms with Crippen LogP contribution in [0.2, 0.25) is 0 Å². The predicted molar refractivity (Wildman–Crippen MR) is 72.9 cm³/mol. The summed E-state index contributed by atoms with van der Waals surface area (Å²) in [5.74, 6) is 2.24. The van der Waals surface area contributed by atoms with E-state index in [1.54, 1.807) is 10.4 Å². The van der Waals surface area contributed by atoms with Crippen molar-refractivity contribution in [3.05, 3.63) is 33.7 Å². The summed E-state index contributed by atoms with van der Waals surface area (Å²) in [4.78, 5) is 4.11. The Morgan fingerprint density at radius 1 is 1.42 bits per heavy atom. The minimum absolute atomic E-state index is 0.571. The quantitative estimate of drug-likeness (QED) is 0.863. The number of rotatable bonds is 3. The Kier molecular flexibility index (Phi) is 2.70. The molecule has 1 saturated carbocycles. The molecule has 2 aromatic heterocycles.